The van der Waals surface area contributed by atoms with Gasteiger partial charge < -0.3 is 19.5 Å². The Morgan fingerprint density at radius 2 is 1.79 bits per heavy atom. The smallest absolute Gasteiger partial charge is 0.366 e. The molecule has 1 amide bonds. The van der Waals surface area contributed by atoms with Crippen molar-refractivity contribution in [2.45, 2.75) is 40.2 Å². The minimum Gasteiger partial charge on any atom is -0.389 e. The number of aliphatic hydroxyl groups is 1. The van der Waals surface area contributed by atoms with Crippen LogP contribution in [-0.4, -0.2) is 36.4 Å². The monoisotopic (exact) mass is 293 g/mol. The third-order valence-corrected chi connectivity index (χ3v) is 4.33. The lowest BCUT2D eigenvalue weighted by molar-refractivity contribution is -0.118. The molecule has 0 aliphatic rings. The zero-order chi connectivity index (χ0) is 15.1. The molecule has 112 valence electrons. The van der Waals surface area contributed by atoms with Gasteiger partial charge in [0.1, 0.15) is 5.31 Å². The molecule has 19 heavy (non-hydrogen) atoms. The third-order valence-electron chi connectivity index (χ3n) is 2.08. The van der Waals surface area contributed by atoms with E-state index in [0.29, 0.717) is 0 Å². The van der Waals surface area contributed by atoms with E-state index in [9.17, 15) is 14.5 Å². The van der Waals surface area contributed by atoms with E-state index in [1.54, 1.807) is 34.6 Å². The lowest BCUT2D eigenvalue weighted by Gasteiger charge is -2.22. The Balaban J connectivity index is 4.98. The van der Waals surface area contributed by atoms with Crippen LogP contribution in [0, 0.1) is 0 Å². The zero-order valence-corrected chi connectivity index (χ0v) is 13.1. The molecular weight excluding hydrogens is 269 g/mol. The molecule has 0 saturated carbocycles. The molecule has 2 N–H and O–H groups in total. The first-order chi connectivity index (χ1) is 8.70. The molecule has 0 aromatic rings. The molecule has 0 aliphatic heterocycles. The second kappa shape index (κ2) is 7.80. The molecule has 6 nitrogen and oxygen atoms in total. The van der Waals surface area contributed by atoms with E-state index in [4.69, 9.17) is 9.05 Å². The number of rotatable bonds is 8. The first-order valence-corrected chi connectivity index (χ1v) is 7.81. The SMILES string of the molecule is C/C=C(\C(=O)NCC(C)(C)O)P(=O)(OCC)OCC. The number of nitrogens with one attached hydrogen (secondary N) is 1. The van der Waals surface area contributed by atoms with Gasteiger partial charge in [0, 0.05) is 6.54 Å². The van der Waals surface area contributed by atoms with Crippen LogP contribution in [0.2, 0.25) is 0 Å². The van der Waals surface area contributed by atoms with E-state index in [0.717, 1.165) is 0 Å². The fourth-order valence-corrected chi connectivity index (χ4v) is 2.99. The van der Waals surface area contributed by atoms with E-state index in [1.807, 2.05) is 0 Å². The molecule has 0 unspecified atom stereocenters. The second-order valence-corrected chi connectivity index (χ2v) is 6.50. The van der Waals surface area contributed by atoms with E-state index in [1.165, 1.54) is 6.08 Å². The fraction of sp³-hybridized carbons (Fsp3) is 0.750. The van der Waals surface area contributed by atoms with Crippen molar-refractivity contribution in [3.63, 3.8) is 0 Å². The maximum absolute atomic E-state index is 12.5. The number of hydrogen-bond donors (Lipinski definition) is 2. The molecule has 0 radical (unpaired) electrons. The lowest BCUT2D eigenvalue weighted by Crippen LogP contribution is -2.38. The Kier molecular flexibility index (Phi) is 7.52. The van der Waals surface area contributed by atoms with Crippen molar-refractivity contribution in [1.82, 2.24) is 5.32 Å². The zero-order valence-electron chi connectivity index (χ0n) is 12.2. The molecule has 7 heteroatoms. The highest BCUT2D eigenvalue weighted by Gasteiger charge is 2.34. The Morgan fingerprint density at radius 1 is 1.32 bits per heavy atom. The fourth-order valence-electron chi connectivity index (χ4n) is 1.32. The molecule has 0 aliphatic carbocycles. The average molecular weight is 293 g/mol. The number of allylic oxidation sites excluding steroid dienone is 1. The van der Waals surface area contributed by atoms with E-state index in [-0.39, 0.29) is 25.1 Å². The standard InChI is InChI=1S/C12H24NO5P/c1-6-10(11(14)13-9-12(4,5)15)19(16,17-7-2)18-8-3/h6,15H,7-9H2,1-5H3,(H,13,14)/b10-6+. The van der Waals surface area contributed by atoms with Crippen LogP contribution in [0.4, 0.5) is 0 Å². The maximum atomic E-state index is 12.5. The maximum Gasteiger partial charge on any atom is 0.366 e. The van der Waals surface area contributed by atoms with Gasteiger partial charge in [-0.15, -0.1) is 0 Å². The van der Waals surface area contributed by atoms with Gasteiger partial charge in [0.15, 0.2) is 0 Å². The number of amides is 1. The molecule has 0 heterocycles. The predicted octanol–water partition coefficient (Wildman–Crippen LogP) is 2.04. The Morgan fingerprint density at radius 3 is 2.11 bits per heavy atom. The van der Waals surface area contributed by atoms with Crippen LogP contribution in [0.15, 0.2) is 11.4 Å². The first-order valence-electron chi connectivity index (χ1n) is 6.26. The van der Waals surface area contributed by atoms with Crippen molar-refractivity contribution in [2.75, 3.05) is 19.8 Å². The van der Waals surface area contributed by atoms with Crippen LogP contribution in [0.3, 0.4) is 0 Å². The second-order valence-electron chi connectivity index (χ2n) is 4.50. The average Bonchev–Trinajstić information content (AvgIpc) is 2.26. The van der Waals surface area contributed by atoms with Crippen LogP contribution < -0.4 is 5.32 Å². The molecule has 0 atom stereocenters. The highest BCUT2D eigenvalue weighted by atomic mass is 31.2. The quantitative estimate of drug-likeness (QED) is 0.528. The van der Waals surface area contributed by atoms with E-state index >= 15 is 0 Å². The van der Waals surface area contributed by atoms with E-state index in [2.05, 4.69) is 5.32 Å². The molecule has 0 bridgehead atoms. The molecule has 0 spiro atoms. The highest BCUT2D eigenvalue weighted by molar-refractivity contribution is 7.60. The summed E-state index contributed by atoms with van der Waals surface area (Å²) in [6, 6.07) is 0. The van der Waals surface area contributed by atoms with Gasteiger partial charge in [0.25, 0.3) is 5.91 Å². The number of hydrogen-bond acceptors (Lipinski definition) is 5. The summed E-state index contributed by atoms with van der Waals surface area (Å²) in [5.74, 6) is -0.560. The van der Waals surface area contributed by atoms with Crippen LogP contribution in [-0.2, 0) is 18.4 Å². The summed E-state index contributed by atoms with van der Waals surface area (Å²) in [6.45, 7) is 8.45. The summed E-state index contributed by atoms with van der Waals surface area (Å²) >= 11 is 0. The van der Waals surface area contributed by atoms with Crippen LogP contribution in [0.1, 0.15) is 34.6 Å². The summed E-state index contributed by atoms with van der Waals surface area (Å²) in [5.41, 5.74) is -1.05. The number of carbonyl (C=O) groups excluding carboxylic acids is 1. The van der Waals surface area contributed by atoms with Crippen molar-refractivity contribution in [3.05, 3.63) is 11.4 Å². The molecular formula is C12H24NO5P. The summed E-state index contributed by atoms with van der Waals surface area (Å²) in [5, 5.41) is 12.0. The normalized spacial score (nSPS) is 13.5. The Bertz CT molecular complexity index is 363. The molecule has 0 saturated heterocycles. The molecule has 0 rings (SSSR count). The highest BCUT2D eigenvalue weighted by Crippen LogP contribution is 2.55. The molecule has 0 aromatic carbocycles. The minimum absolute atomic E-state index is 0.0413. The van der Waals surface area contributed by atoms with Gasteiger partial charge in [0.05, 0.1) is 18.8 Å². The van der Waals surface area contributed by atoms with Gasteiger partial charge in [-0.1, -0.05) is 6.08 Å². The van der Waals surface area contributed by atoms with Crippen molar-refractivity contribution in [3.8, 4) is 0 Å². The van der Waals surface area contributed by atoms with Gasteiger partial charge in [-0.25, -0.2) is 0 Å². The van der Waals surface area contributed by atoms with Crippen molar-refractivity contribution in [1.29, 1.82) is 0 Å². The van der Waals surface area contributed by atoms with Gasteiger partial charge in [-0.2, -0.15) is 0 Å². The molecule has 0 fully saturated rings. The topological polar surface area (TPSA) is 84.9 Å². The first kappa shape index (κ1) is 18.3. The van der Waals surface area contributed by atoms with E-state index < -0.39 is 19.1 Å². The largest absolute Gasteiger partial charge is 0.389 e. The van der Waals surface area contributed by atoms with Gasteiger partial charge in [0.2, 0.25) is 0 Å². The van der Waals surface area contributed by atoms with Crippen LogP contribution in [0.25, 0.3) is 0 Å². The summed E-state index contributed by atoms with van der Waals surface area (Å²) < 4.78 is 22.7. The van der Waals surface area contributed by atoms with Crippen molar-refractivity contribution in [2.24, 2.45) is 0 Å². The third kappa shape index (κ3) is 6.34. The van der Waals surface area contributed by atoms with Crippen LogP contribution >= 0.6 is 7.60 Å². The van der Waals surface area contributed by atoms with Gasteiger partial charge in [-0.05, 0) is 34.6 Å². The molecule has 0 aromatic heterocycles. The minimum atomic E-state index is -3.60. The van der Waals surface area contributed by atoms with Crippen LogP contribution in [0.5, 0.6) is 0 Å². The number of carbonyl (C=O) groups is 1. The summed E-state index contributed by atoms with van der Waals surface area (Å²) in [7, 11) is -3.60. The Labute approximate surface area is 114 Å². The lowest BCUT2D eigenvalue weighted by atomic mass is 10.1. The summed E-state index contributed by atoms with van der Waals surface area (Å²) in [4.78, 5) is 12.0. The summed E-state index contributed by atoms with van der Waals surface area (Å²) in [6.07, 6.45) is 1.41. The predicted molar refractivity (Wildman–Crippen MR) is 73.9 cm³/mol. The van der Waals surface area contributed by atoms with Crippen molar-refractivity contribution >= 4 is 13.5 Å². The van der Waals surface area contributed by atoms with Gasteiger partial charge >= 0.3 is 7.60 Å². The van der Waals surface area contributed by atoms with Crippen molar-refractivity contribution < 1.29 is 23.5 Å². The Hall–Kier alpha value is -0.680. The van der Waals surface area contributed by atoms with Gasteiger partial charge in [-0.3, -0.25) is 9.36 Å².